The lowest BCUT2D eigenvalue weighted by Gasteiger charge is -2.03. The Morgan fingerprint density at radius 2 is 1.87 bits per heavy atom. The number of aromatic nitrogens is 2. The van der Waals surface area contributed by atoms with E-state index in [0.717, 1.165) is 22.3 Å². The molecule has 0 unspecified atom stereocenters. The number of fused-ring (bicyclic) bond motifs is 1. The highest BCUT2D eigenvalue weighted by Gasteiger charge is 2.09. The average molecular weight is 328 g/mol. The second kappa shape index (κ2) is 5.98. The summed E-state index contributed by atoms with van der Waals surface area (Å²) >= 11 is 5.92. The van der Waals surface area contributed by atoms with Gasteiger partial charge in [-0.25, -0.2) is 9.98 Å². The number of nitrogens with one attached hydrogen (secondary N) is 1. The van der Waals surface area contributed by atoms with Gasteiger partial charge in [0.15, 0.2) is 5.96 Å². The SMILES string of the molecule is NC(N)=NC(N)=Nc1ccccc1-c1cc2nc(Cl)ccc2[nH]1. The molecule has 8 heteroatoms. The lowest BCUT2D eigenvalue weighted by molar-refractivity contribution is 1.37. The van der Waals surface area contributed by atoms with Crippen molar-refractivity contribution in [3.8, 4) is 11.3 Å². The van der Waals surface area contributed by atoms with Crippen molar-refractivity contribution in [2.24, 2.45) is 27.2 Å². The van der Waals surface area contributed by atoms with Crippen LogP contribution in [0.2, 0.25) is 5.15 Å². The molecule has 1 aromatic carbocycles. The van der Waals surface area contributed by atoms with Crippen molar-refractivity contribution in [3.05, 3.63) is 47.6 Å². The number of para-hydroxylation sites is 1. The summed E-state index contributed by atoms with van der Waals surface area (Å²) in [4.78, 5) is 15.5. The number of guanidine groups is 2. The molecule has 0 spiro atoms. The number of benzene rings is 1. The van der Waals surface area contributed by atoms with Crippen molar-refractivity contribution in [2.45, 2.75) is 0 Å². The van der Waals surface area contributed by atoms with Crippen molar-refractivity contribution in [1.82, 2.24) is 9.97 Å². The van der Waals surface area contributed by atoms with Crippen molar-refractivity contribution in [1.29, 1.82) is 0 Å². The second-order valence-electron chi connectivity index (χ2n) is 4.77. The largest absolute Gasteiger partial charge is 0.370 e. The van der Waals surface area contributed by atoms with Crippen LogP contribution in [0.3, 0.4) is 0 Å². The molecule has 0 aliphatic heterocycles. The minimum atomic E-state index is -0.145. The van der Waals surface area contributed by atoms with E-state index in [9.17, 15) is 0 Å². The molecular formula is C15H14ClN7. The molecule has 0 fully saturated rings. The number of H-pyrrole nitrogens is 1. The summed E-state index contributed by atoms with van der Waals surface area (Å²) in [6.45, 7) is 0. The van der Waals surface area contributed by atoms with Crippen LogP contribution < -0.4 is 17.2 Å². The Hall–Kier alpha value is -3.06. The Labute approximate surface area is 136 Å². The molecule has 23 heavy (non-hydrogen) atoms. The van der Waals surface area contributed by atoms with E-state index in [2.05, 4.69) is 20.0 Å². The third-order valence-electron chi connectivity index (χ3n) is 3.11. The fraction of sp³-hybridized carbons (Fsp3) is 0. The first-order chi connectivity index (χ1) is 11.0. The number of rotatable bonds is 2. The fourth-order valence-electron chi connectivity index (χ4n) is 2.21. The van der Waals surface area contributed by atoms with E-state index in [0.29, 0.717) is 10.8 Å². The van der Waals surface area contributed by atoms with Gasteiger partial charge in [0.2, 0.25) is 5.96 Å². The van der Waals surface area contributed by atoms with E-state index < -0.39 is 0 Å². The summed E-state index contributed by atoms with van der Waals surface area (Å²) < 4.78 is 0. The van der Waals surface area contributed by atoms with Gasteiger partial charge in [0, 0.05) is 5.56 Å². The van der Waals surface area contributed by atoms with Crippen LogP contribution in [0.5, 0.6) is 0 Å². The molecule has 0 aliphatic rings. The van der Waals surface area contributed by atoms with Crippen molar-refractivity contribution < 1.29 is 0 Å². The lowest BCUT2D eigenvalue weighted by atomic mass is 10.1. The molecular weight excluding hydrogens is 314 g/mol. The molecule has 0 saturated heterocycles. The number of pyridine rings is 1. The highest BCUT2D eigenvalue weighted by atomic mass is 35.5. The monoisotopic (exact) mass is 327 g/mol. The average Bonchev–Trinajstić information content (AvgIpc) is 2.89. The number of aromatic amines is 1. The maximum atomic E-state index is 5.92. The molecule has 0 atom stereocenters. The maximum absolute atomic E-state index is 5.92. The molecule has 116 valence electrons. The number of aliphatic imine (C=N–C) groups is 2. The number of halogens is 1. The highest BCUT2D eigenvalue weighted by Crippen LogP contribution is 2.31. The highest BCUT2D eigenvalue weighted by molar-refractivity contribution is 6.29. The minimum Gasteiger partial charge on any atom is -0.370 e. The molecule has 3 rings (SSSR count). The molecule has 0 amide bonds. The van der Waals surface area contributed by atoms with Crippen LogP contribution in [0.1, 0.15) is 0 Å². The normalized spacial score (nSPS) is 11.6. The smallest absolute Gasteiger partial charge is 0.223 e. The number of hydrogen-bond acceptors (Lipinski definition) is 2. The Kier molecular flexibility index (Phi) is 3.86. The standard InChI is InChI=1S/C15H14ClN7/c16-13-6-5-10-12(21-13)7-11(20-10)8-3-1-2-4-9(8)22-15(19)23-14(17)18/h1-7,20H,(H6,17,18,19,22,23). The molecule has 0 aliphatic carbocycles. The lowest BCUT2D eigenvalue weighted by Crippen LogP contribution is -2.26. The molecule has 0 saturated carbocycles. The number of nitrogens with two attached hydrogens (primary N) is 3. The van der Waals surface area contributed by atoms with Gasteiger partial charge in [-0.1, -0.05) is 29.8 Å². The van der Waals surface area contributed by atoms with Crippen LogP contribution in [0.15, 0.2) is 52.4 Å². The van der Waals surface area contributed by atoms with Gasteiger partial charge in [0.05, 0.1) is 22.4 Å². The molecule has 0 bridgehead atoms. The molecule has 2 heterocycles. The van der Waals surface area contributed by atoms with E-state index in [4.69, 9.17) is 28.8 Å². The van der Waals surface area contributed by atoms with Crippen LogP contribution in [0.25, 0.3) is 22.3 Å². The summed E-state index contributed by atoms with van der Waals surface area (Å²) in [6, 6.07) is 13.0. The molecule has 3 aromatic rings. The van der Waals surface area contributed by atoms with Crippen LogP contribution >= 0.6 is 11.6 Å². The predicted molar refractivity (Wildman–Crippen MR) is 93.6 cm³/mol. The van der Waals surface area contributed by atoms with Crippen molar-refractivity contribution >= 4 is 40.2 Å². The quantitative estimate of drug-likeness (QED) is 0.326. The zero-order chi connectivity index (χ0) is 16.4. The Bertz CT molecular complexity index is 922. The molecule has 7 N–H and O–H groups in total. The number of nitrogens with zero attached hydrogens (tertiary/aromatic N) is 3. The second-order valence-corrected chi connectivity index (χ2v) is 5.16. The molecule has 7 nitrogen and oxygen atoms in total. The topological polar surface area (TPSA) is 131 Å². The summed E-state index contributed by atoms with van der Waals surface area (Å²) in [6.07, 6.45) is 0. The van der Waals surface area contributed by atoms with Gasteiger partial charge in [-0.3, -0.25) is 0 Å². The van der Waals surface area contributed by atoms with E-state index in [-0.39, 0.29) is 11.9 Å². The molecule has 0 radical (unpaired) electrons. The number of hydrogen-bond donors (Lipinski definition) is 4. The van der Waals surface area contributed by atoms with Crippen LogP contribution in [0, 0.1) is 0 Å². The van der Waals surface area contributed by atoms with Gasteiger partial charge < -0.3 is 22.2 Å². The molecule has 2 aromatic heterocycles. The Morgan fingerprint density at radius 3 is 2.65 bits per heavy atom. The van der Waals surface area contributed by atoms with E-state index in [1.165, 1.54) is 0 Å². The van der Waals surface area contributed by atoms with Crippen LogP contribution in [-0.2, 0) is 0 Å². The first kappa shape index (κ1) is 14.9. The van der Waals surface area contributed by atoms with Crippen LogP contribution in [-0.4, -0.2) is 21.9 Å². The van der Waals surface area contributed by atoms with Gasteiger partial charge >= 0.3 is 0 Å². The zero-order valence-corrected chi connectivity index (χ0v) is 12.7. The van der Waals surface area contributed by atoms with Crippen molar-refractivity contribution in [3.63, 3.8) is 0 Å². The Balaban J connectivity index is 2.10. The summed E-state index contributed by atoms with van der Waals surface area (Å²) in [7, 11) is 0. The van der Waals surface area contributed by atoms with Crippen molar-refractivity contribution in [2.75, 3.05) is 0 Å². The fourth-order valence-corrected chi connectivity index (χ4v) is 2.36. The van der Waals surface area contributed by atoms with Gasteiger partial charge in [-0.15, -0.1) is 0 Å². The third-order valence-corrected chi connectivity index (χ3v) is 3.32. The minimum absolute atomic E-state index is 0.0188. The summed E-state index contributed by atoms with van der Waals surface area (Å²) in [5.74, 6) is -0.164. The van der Waals surface area contributed by atoms with E-state index in [1.807, 2.05) is 36.4 Å². The first-order valence-electron chi connectivity index (χ1n) is 6.71. The third kappa shape index (κ3) is 3.24. The Morgan fingerprint density at radius 1 is 1.09 bits per heavy atom. The van der Waals surface area contributed by atoms with E-state index in [1.54, 1.807) is 6.07 Å². The van der Waals surface area contributed by atoms with Gasteiger partial charge in [-0.05, 0) is 24.3 Å². The van der Waals surface area contributed by atoms with Gasteiger partial charge in [0.1, 0.15) is 5.15 Å². The van der Waals surface area contributed by atoms with E-state index >= 15 is 0 Å². The summed E-state index contributed by atoms with van der Waals surface area (Å²) in [5.41, 5.74) is 20.3. The summed E-state index contributed by atoms with van der Waals surface area (Å²) in [5, 5.41) is 0.436. The first-order valence-corrected chi connectivity index (χ1v) is 7.09. The van der Waals surface area contributed by atoms with Crippen LogP contribution in [0.4, 0.5) is 5.69 Å². The van der Waals surface area contributed by atoms with Gasteiger partial charge in [0.25, 0.3) is 0 Å². The zero-order valence-electron chi connectivity index (χ0n) is 12.0. The maximum Gasteiger partial charge on any atom is 0.223 e. The van der Waals surface area contributed by atoms with Gasteiger partial charge in [-0.2, -0.15) is 4.99 Å². The predicted octanol–water partition coefficient (Wildman–Crippen LogP) is 2.10.